The topological polar surface area (TPSA) is 170 Å². The molecule has 2 aromatic heterocycles. The number of para-hydroxylation sites is 1. The number of aliphatic hydroxyl groups excluding tert-OH is 2. The van der Waals surface area contributed by atoms with Crippen LogP contribution in [0.3, 0.4) is 0 Å². The van der Waals surface area contributed by atoms with Crippen LogP contribution < -0.4 is 15.2 Å². The van der Waals surface area contributed by atoms with Crippen LogP contribution in [-0.4, -0.2) is 72.8 Å². The highest BCUT2D eigenvalue weighted by Crippen LogP contribution is 2.47. The number of aromatic amines is 1. The average Bonchev–Trinajstić information content (AvgIpc) is 3.39. The van der Waals surface area contributed by atoms with Crippen molar-refractivity contribution in [2.75, 3.05) is 6.61 Å². The lowest BCUT2D eigenvalue weighted by molar-refractivity contribution is -0.149. The lowest BCUT2D eigenvalue weighted by atomic mass is 10.0. The molecule has 212 valence electrons. The Labute approximate surface area is 229 Å². The second-order valence-electron chi connectivity index (χ2n) is 9.62. The highest BCUT2D eigenvalue weighted by atomic mass is 32.5. The first-order valence-electron chi connectivity index (χ1n) is 12.3. The number of fused-ring (bicyclic) bond motifs is 1. The van der Waals surface area contributed by atoms with Gasteiger partial charge in [0.1, 0.15) is 35.9 Å². The molecule has 6 atom stereocenters. The van der Waals surface area contributed by atoms with E-state index in [0.717, 1.165) is 0 Å². The average molecular weight is 582 g/mol. The highest BCUT2D eigenvalue weighted by molar-refractivity contribution is 8.09. The Bertz CT molecular complexity index is 1430. The van der Waals surface area contributed by atoms with Gasteiger partial charge in [0.2, 0.25) is 0 Å². The summed E-state index contributed by atoms with van der Waals surface area (Å²) in [6, 6.07) is 7.83. The zero-order chi connectivity index (χ0) is 28.5. The number of imidazole rings is 1. The molecule has 4 N–H and O–H groups in total. The molecule has 0 amide bonds. The molecule has 0 saturated carbocycles. The molecular formula is C24H32N5O8PS. The van der Waals surface area contributed by atoms with E-state index in [9.17, 15) is 19.8 Å². The first-order valence-corrected chi connectivity index (χ1v) is 14.9. The van der Waals surface area contributed by atoms with Gasteiger partial charge in [0, 0.05) is 0 Å². The van der Waals surface area contributed by atoms with Crippen molar-refractivity contribution in [2.24, 2.45) is 0 Å². The maximum Gasteiger partial charge on any atom is 0.323 e. The van der Waals surface area contributed by atoms with Crippen molar-refractivity contribution in [2.45, 2.75) is 70.8 Å². The van der Waals surface area contributed by atoms with E-state index in [4.69, 9.17) is 30.3 Å². The molecule has 0 spiro atoms. The monoisotopic (exact) mass is 581 g/mol. The summed E-state index contributed by atoms with van der Waals surface area (Å²) in [4.78, 5) is 35.7. The van der Waals surface area contributed by atoms with Crippen molar-refractivity contribution < 1.29 is 33.5 Å². The van der Waals surface area contributed by atoms with E-state index in [2.05, 4.69) is 20.0 Å². The van der Waals surface area contributed by atoms with Crippen LogP contribution in [0.15, 0.2) is 41.5 Å². The zero-order valence-corrected chi connectivity index (χ0v) is 23.8. The maximum absolute atomic E-state index is 12.4. The van der Waals surface area contributed by atoms with E-state index in [1.54, 1.807) is 58.9 Å². The fraction of sp³-hybridized carbons (Fsp3) is 0.500. The van der Waals surface area contributed by atoms with Crippen LogP contribution in [0.4, 0.5) is 0 Å². The Balaban J connectivity index is 1.56. The van der Waals surface area contributed by atoms with Gasteiger partial charge in [-0.3, -0.25) is 14.2 Å². The number of benzene rings is 1. The van der Waals surface area contributed by atoms with E-state index >= 15 is 0 Å². The molecule has 4 unspecified atom stereocenters. The van der Waals surface area contributed by atoms with Gasteiger partial charge in [-0.1, -0.05) is 18.2 Å². The van der Waals surface area contributed by atoms with Crippen LogP contribution in [0, 0.1) is 6.92 Å². The molecule has 3 heterocycles. The van der Waals surface area contributed by atoms with Crippen molar-refractivity contribution in [3.63, 3.8) is 0 Å². The Morgan fingerprint density at radius 3 is 2.67 bits per heavy atom. The number of carbonyl (C=O) groups is 1. The van der Waals surface area contributed by atoms with Gasteiger partial charge in [-0.2, -0.15) is 0 Å². The minimum absolute atomic E-state index is 0.0602. The van der Waals surface area contributed by atoms with E-state index in [1.165, 1.54) is 10.9 Å². The third-order valence-electron chi connectivity index (χ3n) is 6.08. The molecule has 1 fully saturated rings. The van der Waals surface area contributed by atoms with Crippen molar-refractivity contribution in [3.8, 4) is 5.75 Å². The normalized spacial score (nSPS) is 25.5. The van der Waals surface area contributed by atoms with Crippen molar-refractivity contribution >= 4 is 35.6 Å². The van der Waals surface area contributed by atoms with E-state index < -0.39 is 48.2 Å². The number of esters is 1. The minimum atomic E-state index is -3.41. The zero-order valence-electron chi connectivity index (χ0n) is 22.1. The molecule has 13 nitrogen and oxygen atoms in total. The first-order chi connectivity index (χ1) is 18.3. The highest BCUT2D eigenvalue weighted by Gasteiger charge is 2.53. The molecule has 39 heavy (non-hydrogen) atoms. The predicted molar refractivity (Wildman–Crippen MR) is 145 cm³/mol. The van der Waals surface area contributed by atoms with Crippen LogP contribution >= 0.6 is 6.64 Å². The Kier molecular flexibility index (Phi) is 8.57. The van der Waals surface area contributed by atoms with Gasteiger partial charge >= 0.3 is 12.6 Å². The molecule has 0 radical (unpaired) electrons. The second kappa shape index (κ2) is 11.4. The summed E-state index contributed by atoms with van der Waals surface area (Å²) in [6.07, 6.45) is -2.92. The van der Waals surface area contributed by atoms with Crippen molar-refractivity contribution in [1.29, 1.82) is 0 Å². The summed E-state index contributed by atoms with van der Waals surface area (Å²) in [6.45, 7) is 4.48. The van der Waals surface area contributed by atoms with Crippen LogP contribution in [0.5, 0.6) is 5.75 Å². The minimum Gasteiger partial charge on any atom is -0.462 e. The summed E-state index contributed by atoms with van der Waals surface area (Å²) < 4.78 is 24.7. The van der Waals surface area contributed by atoms with Gasteiger partial charge in [-0.15, -0.1) is 0 Å². The maximum atomic E-state index is 12.4. The van der Waals surface area contributed by atoms with Crippen molar-refractivity contribution in [1.82, 2.24) is 24.6 Å². The number of aliphatic hydroxyl groups is 2. The SMILES string of the molecule is Cc1nc2c(ncn2[C@]2(C)O[C@H](COP(=S)(NC(C)C(=O)OC(C)C)Oc3ccccc3)C(O)C2O)c(=O)[nH]1. The number of hydrogen-bond donors (Lipinski definition) is 4. The standard InChI is InChI=1S/C24H32N5O8PS/c1-13(2)35-23(33)14(3)28-38(39,37-16-9-7-6-8-10-16)34-11-17-19(30)20(31)24(5,36-17)29-12-25-18-21(29)26-15(4)27-22(18)32/h6-10,12-14,17,19-20,30-31H,11H2,1-5H3,(H,28,39)(H,26,27,32)/t14?,17-,19?,20?,24-,38?/m1/s1. The molecule has 1 saturated heterocycles. The third-order valence-corrected chi connectivity index (χ3v) is 8.58. The number of rotatable bonds is 10. The Morgan fingerprint density at radius 1 is 1.31 bits per heavy atom. The van der Waals surface area contributed by atoms with E-state index in [-0.39, 0.29) is 23.9 Å². The number of aromatic nitrogens is 4. The van der Waals surface area contributed by atoms with Crippen LogP contribution in [-0.2, 0) is 36.3 Å². The number of aryl methyl sites for hydroxylation is 1. The third kappa shape index (κ3) is 6.22. The quantitative estimate of drug-likeness (QED) is 0.201. The molecule has 1 aliphatic rings. The summed E-state index contributed by atoms with van der Waals surface area (Å²) in [5.74, 6) is 0.220. The molecule has 3 aromatic rings. The first kappa shape index (κ1) is 29.3. The van der Waals surface area contributed by atoms with Crippen LogP contribution in [0.2, 0.25) is 0 Å². The van der Waals surface area contributed by atoms with Gasteiger partial charge < -0.3 is 33.7 Å². The van der Waals surface area contributed by atoms with Gasteiger partial charge in [0.25, 0.3) is 5.56 Å². The van der Waals surface area contributed by atoms with Crippen LogP contribution in [0.25, 0.3) is 11.2 Å². The number of hydrogen-bond acceptors (Lipinski definition) is 11. The number of ether oxygens (including phenoxy) is 2. The fourth-order valence-corrected chi connectivity index (χ4v) is 6.57. The summed E-state index contributed by atoms with van der Waals surface area (Å²) in [7, 11) is 0. The second-order valence-corrected chi connectivity index (χ2v) is 12.8. The Morgan fingerprint density at radius 2 is 2.00 bits per heavy atom. The molecule has 0 aliphatic carbocycles. The van der Waals surface area contributed by atoms with Gasteiger partial charge in [0.15, 0.2) is 16.9 Å². The number of carbonyl (C=O) groups excluding carboxylic acids is 1. The molecule has 0 bridgehead atoms. The van der Waals surface area contributed by atoms with Crippen molar-refractivity contribution in [3.05, 3.63) is 52.8 Å². The fourth-order valence-electron chi connectivity index (χ4n) is 4.15. The van der Waals surface area contributed by atoms with Gasteiger partial charge in [0.05, 0.1) is 19.0 Å². The number of nitrogens with zero attached hydrogens (tertiary/aromatic N) is 3. The number of H-pyrrole nitrogens is 1. The largest absolute Gasteiger partial charge is 0.462 e. The Hall–Kier alpha value is -2.71. The van der Waals surface area contributed by atoms with E-state index in [0.29, 0.717) is 11.6 Å². The summed E-state index contributed by atoms with van der Waals surface area (Å²) in [5, 5.41) is 24.8. The molecule has 15 heteroatoms. The lowest BCUT2D eigenvalue weighted by Crippen LogP contribution is -2.43. The van der Waals surface area contributed by atoms with Gasteiger partial charge in [-0.25, -0.2) is 15.1 Å². The van der Waals surface area contributed by atoms with Gasteiger partial charge in [-0.05, 0) is 58.6 Å². The van der Waals surface area contributed by atoms with E-state index in [1.807, 2.05) is 6.07 Å². The smallest absolute Gasteiger partial charge is 0.323 e. The van der Waals surface area contributed by atoms with Crippen LogP contribution in [0.1, 0.15) is 33.5 Å². The molecule has 1 aliphatic heterocycles. The molecule has 4 rings (SSSR count). The molecule has 1 aromatic carbocycles. The molecular weight excluding hydrogens is 549 g/mol. The summed E-state index contributed by atoms with van der Waals surface area (Å²) in [5.41, 5.74) is -1.74. The number of nitrogens with one attached hydrogen (secondary N) is 2. The lowest BCUT2D eigenvalue weighted by Gasteiger charge is -2.30. The predicted octanol–water partition coefficient (Wildman–Crippen LogP) is 1.47. The summed E-state index contributed by atoms with van der Waals surface area (Å²) >= 11 is 5.71.